The highest BCUT2D eigenvalue weighted by molar-refractivity contribution is 5.29. The summed E-state index contributed by atoms with van der Waals surface area (Å²) >= 11 is 0. The van der Waals surface area contributed by atoms with Crippen LogP contribution >= 0.6 is 0 Å². The second-order valence-electron chi connectivity index (χ2n) is 3.71. The fraction of sp³-hybridized carbons (Fsp3) is 0.462. The maximum Gasteiger partial charge on any atom is 0.231 e. The Bertz CT molecular complexity index is 312. The summed E-state index contributed by atoms with van der Waals surface area (Å²) in [6, 6.07) is 8.76. The Morgan fingerprint density at radius 1 is 1.33 bits per heavy atom. The van der Waals surface area contributed by atoms with Crippen LogP contribution in [-0.2, 0) is 11.2 Å². The van der Waals surface area contributed by atoms with Gasteiger partial charge in [0.2, 0.25) is 6.08 Å². The Morgan fingerprint density at radius 2 is 1.87 bits per heavy atom. The van der Waals surface area contributed by atoms with E-state index < -0.39 is 0 Å². The van der Waals surface area contributed by atoms with E-state index in [1.54, 1.807) is 0 Å². The van der Waals surface area contributed by atoms with Crippen molar-refractivity contribution >= 4 is 6.08 Å². The standard InChI is InChI=1S/C12H18.CHNO/c1-4-7-11-8-5-6-9-12(11)10(2)3;2-1-3/h5-6,8-10H,4,7H2,1-3H3;2H. The summed E-state index contributed by atoms with van der Waals surface area (Å²) in [7, 11) is 0. The molecule has 2 nitrogen and oxygen atoms in total. The average Bonchev–Trinajstić information content (AvgIpc) is 2.20. The summed E-state index contributed by atoms with van der Waals surface area (Å²) in [5.74, 6) is 0.660. The summed E-state index contributed by atoms with van der Waals surface area (Å²) < 4.78 is 0. The molecule has 1 aromatic rings. The number of hydrogen-bond acceptors (Lipinski definition) is 2. The fourth-order valence-corrected chi connectivity index (χ4v) is 1.59. The number of rotatable bonds is 3. The van der Waals surface area contributed by atoms with Crippen LogP contribution < -0.4 is 0 Å². The normalized spacial score (nSPS) is 9.07. The van der Waals surface area contributed by atoms with Crippen LogP contribution in [0.2, 0.25) is 0 Å². The molecule has 0 saturated carbocycles. The van der Waals surface area contributed by atoms with E-state index in [4.69, 9.17) is 10.2 Å². The summed E-state index contributed by atoms with van der Waals surface area (Å²) in [5.41, 5.74) is 3.04. The number of nitrogens with one attached hydrogen (secondary N) is 1. The second-order valence-corrected chi connectivity index (χ2v) is 3.71. The van der Waals surface area contributed by atoms with Crippen LogP contribution in [0.3, 0.4) is 0 Å². The number of hydrogen-bond donors (Lipinski definition) is 1. The molecule has 0 atom stereocenters. The van der Waals surface area contributed by atoms with Gasteiger partial charge >= 0.3 is 0 Å². The number of isocyanates is 1. The van der Waals surface area contributed by atoms with Crippen LogP contribution in [0.4, 0.5) is 0 Å². The van der Waals surface area contributed by atoms with Crippen molar-refractivity contribution in [1.82, 2.24) is 0 Å². The molecule has 15 heavy (non-hydrogen) atoms. The molecule has 1 rings (SSSR count). The van der Waals surface area contributed by atoms with Crippen LogP contribution in [0.5, 0.6) is 0 Å². The summed E-state index contributed by atoms with van der Waals surface area (Å²) in [4.78, 5) is 8.35. The van der Waals surface area contributed by atoms with E-state index in [9.17, 15) is 0 Å². The first-order valence-corrected chi connectivity index (χ1v) is 5.29. The number of aryl methyl sites for hydroxylation is 1. The van der Waals surface area contributed by atoms with Crippen LogP contribution in [-0.4, -0.2) is 6.08 Å². The van der Waals surface area contributed by atoms with Crippen molar-refractivity contribution in [3.05, 3.63) is 35.4 Å². The lowest BCUT2D eigenvalue weighted by Gasteiger charge is -2.11. The van der Waals surface area contributed by atoms with Gasteiger partial charge in [-0.15, -0.1) is 0 Å². The summed E-state index contributed by atoms with van der Waals surface area (Å²) in [6.45, 7) is 6.75. The smallest absolute Gasteiger partial charge is 0.222 e. The molecule has 1 N–H and O–H groups in total. The first-order chi connectivity index (χ1) is 7.17. The van der Waals surface area contributed by atoms with Crippen molar-refractivity contribution in [2.45, 2.75) is 39.5 Å². The van der Waals surface area contributed by atoms with E-state index in [1.807, 2.05) is 0 Å². The molecular formula is C13H19NO. The maximum absolute atomic E-state index is 8.35. The third-order valence-electron chi connectivity index (χ3n) is 2.20. The highest BCUT2D eigenvalue weighted by atomic mass is 16.1. The minimum Gasteiger partial charge on any atom is -0.222 e. The Morgan fingerprint density at radius 3 is 2.33 bits per heavy atom. The van der Waals surface area contributed by atoms with Gasteiger partial charge in [-0.3, -0.25) is 0 Å². The first kappa shape index (κ1) is 13.6. The molecule has 2 heteroatoms. The molecule has 0 aromatic heterocycles. The maximum atomic E-state index is 8.35. The molecule has 1 aromatic carbocycles. The van der Waals surface area contributed by atoms with E-state index >= 15 is 0 Å². The van der Waals surface area contributed by atoms with Gasteiger partial charge in [-0.25, -0.2) is 10.2 Å². The second kappa shape index (κ2) is 7.95. The van der Waals surface area contributed by atoms with Crippen molar-refractivity contribution in [2.24, 2.45) is 0 Å². The Labute approximate surface area is 91.8 Å². The van der Waals surface area contributed by atoms with Crippen molar-refractivity contribution in [2.75, 3.05) is 0 Å². The minimum atomic E-state index is 0.660. The quantitative estimate of drug-likeness (QED) is 0.593. The summed E-state index contributed by atoms with van der Waals surface area (Å²) in [5, 5.41) is 5.40. The number of benzene rings is 1. The molecule has 0 fully saturated rings. The lowest BCUT2D eigenvalue weighted by Crippen LogP contribution is -1.94. The van der Waals surface area contributed by atoms with Gasteiger partial charge in [-0.2, -0.15) is 0 Å². The van der Waals surface area contributed by atoms with E-state index in [-0.39, 0.29) is 0 Å². The molecule has 0 heterocycles. The number of carbonyl (C=O) groups excluding carboxylic acids is 1. The molecule has 0 bridgehead atoms. The van der Waals surface area contributed by atoms with Crippen LogP contribution in [0.15, 0.2) is 24.3 Å². The zero-order chi connectivity index (χ0) is 11.7. The predicted octanol–water partition coefficient (Wildman–Crippen LogP) is 3.66. The Kier molecular flexibility index (Phi) is 7.21. The van der Waals surface area contributed by atoms with Crippen molar-refractivity contribution in [3.8, 4) is 0 Å². The first-order valence-electron chi connectivity index (χ1n) is 5.29. The molecule has 0 aliphatic rings. The van der Waals surface area contributed by atoms with Gasteiger partial charge in [0.05, 0.1) is 0 Å². The lowest BCUT2D eigenvalue weighted by molar-refractivity contribution is 0.563. The van der Waals surface area contributed by atoms with E-state index in [2.05, 4.69) is 45.0 Å². The SMILES string of the molecule is CCCc1ccccc1C(C)C.N=C=O. The molecule has 0 spiro atoms. The third-order valence-corrected chi connectivity index (χ3v) is 2.20. The molecule has 0 aliphatic heterocycles. The molecular weight excluding hydrogens is 186 g/mol. The lowest BCUT2D eigenvalue weighted by atomic mass is 9.95. The highest BCUT2D eigenvalue weighted by Crippen LogP contribution is 2.19. The highest BCUT2D eigenvalue weighted by Gasteiger charge is 2.03. The fourth-order valence-electron chi connectivity index (χ4n) is 1.59. The molecule has 0 unspecified atom stereocenters. The Hall–Kier alpha value is -1.40. The van der Waals surface area contributed by atoms with Crippen molar-refractivity contribution in [1.29, 1.82) is 5.41 Å². The van der Waals surface area contributed by atoms with E-state index in [0.29, 0.717) is 5.92 Å². The van der Waals surface area contributed by atoms with Gasteiger partial charge in [0.25, 0.3) is 0 Å². The topological polar surface area (TPSA) is 40.9 Å². The summed E-state index contributed by atoms with van der Waals surface area (Å²) in [6.07, 6.45) is 3.21. The Balaban J connectivity index is 0.000000583. The van der Waals surface area contributed by atoms with Gasteiger partial charge in [-0.05, 0) is 23.5 Å². The van der Waals surface area contributed by atoms with Crippen LogP contribution in [0.25, 0.3) is 0 Å². The monoisotopic (exact) mass is 205 g/mol. The van der Waals surface area contributed by atoms with Crippen LogP contribution in [0.1, 0.15) is 44.2 Å². The molecule has 0 amide bonds. The minimum absolute atomic E-state index is 0.660. The molecule has 0 radical (unpaired) electrons. The van der Waals surface area contributed by atoms with Gasteiger partial charge < -0.3 is 0 Å². The predicted molar refractivity (Wildman–Crippen MR) is 62.9 cm³/mol. The van der Waals surface area contributed by atoms with E-state index in [1.165, 1.54) is 24.0 Å². The zero-order valence-corrected chi connectivity index (χ0v) is 9.71. The van der Waals surface area contributed by atoms with Gasteiger partial charge in [0.1, 0.15) is 0 Å². The van der Waals surface area contributed by atoms with Gasteiger partial charge in [0, 0.05) is 0 Å². The largest absolute Gasteiger partial charge is 0.231 e. The van der Waals surface area contributed by atoms with Gasteiger partial charge in [0.15, 0.2) is 0 Å². The van der Waals surface area contributed by atoms with Crippen LogP contribution in [0, 0.1) is 5.41 Å². The molecule has 0 aliphatic carbocycles. The van der Waals surface area contributed by atoms with E-state index in [0.717, 1.165) is 6.08 Å². The molecule has 82 valence electrons. The molecule has 0 saturated heterocycles. The van der Waals surface area contributed by atoms with Crippen molar-refractivity contribution in [3.63, 3.8) is 0 Å². The average molecular weight is 205 g/mol. The van der Waals surface area contributed by atoms with Gasteiger partial charge in [-0.1, -0.05) is 51.5 Å². The van der Waals surface area contributed by atoms with Crippen molar-refractivity contribution < 1.29 is 4.79 Å². The zero-order valence-electron chi connectivity index (χ0n) is 9.71. The third kappa shape index (κ3) is 5.14.